The van der Waals surface area contributed by atoms with Crippen molar-refractivity contribution in [3.63, 3.8) is 0 Å². The Bertz CT molecular complexity index is 865. The number of fused-ring (bicyclic) bond motifs is 1. The van der Waals surface area contributed by atoms with E-state index in [4.69, 9.17) is 9.47 Å². The SMILES string of the molecule is COc1cc(OCC(=O)N[C@H](C)c2ccc3c(c2)CCC3)ccc1[N+](=O)[O-]. The van der Waals surface area contributed by atoms with Crippen molar-refractivity contribution in [3.05, 3.63) is 63.2 Å². The van der Waals surface area contributed by atoms with Gasteiger partial charge in [0.1, 0.15) is 5.75 Å². The van der Waals surface area contributed by atoms with Gasteiger partial charge in [0.05, 0.1) is 18.1 Å². The predicted octanol–water partition coefficient (Wildman–Crippen LogP) is 3.35. The molecule has 1 amide bonds. The summed E-state index contributed by atoms with van der Waals surface area (Å²) in [6, 6.07) is 10.4. The summed E-state index contributed by atoms with van der Waals surface area (Å²) in [6.07, 6.45) is 3.41. The van der Waals surface area contributed by atoms with E-state index in [9.17, 15) is 14.9 Å². The molecule has 1 atom stereocenters. The quantitative estimate of drug-likeness (QED) is 0.596. The molecule has 7 nitrogen and oxygen atoms in total. The maximum absolute atomic E-state index is 12.2. The molecular weight excluding hydrogens is 348 g/mol. The number of carbonyl (C=O) groups excluding carboxylic acids is 1. The zero-order chi connectivity index (χ0) is 19.4. The highest BCUT2D eigenvalue weighted by Crippen LogP contribution is 2.30. The molecule has 142 valence electrons. The minimum Gasteiger partial charge on any atom is -0.490 e. The summed E-state index contributed by atoms with van der Waals surface area (Å²) in [5, 5.41) is 13.8. The first kappa shape index (κ1) is 18.7. The fourth-order valence-electron chi connectivity index (χ4n) is 3.28. The lowest BCUT2D eigenvalue weighted by atomic mass is 10.0. The van der Waals surface area contributed by atoms with Crippen molar-refractivity contribution in [3.8, 4) is 11.5 Å². The van der Waals surface area contributed by atoms with Crippen molar-refractivity contribution < 1.29 is 19.2 Å². The number of nitro groups is 1. The van der Waals surface area contributed by atoms with Crippen LogP contribution in [-0.2, 0) is 17.6 Å². The number of methoxy groups -OCH3 is 1. The van der Waals surface area contributed by atoms with Crippen LogP contribution < -0.4 is 14.8 Å². The fraction of sp³-hybridized carbons (Fsp3) is 0.350. The van der Waals surface area contributed by atoms with Gasteiger partial charge < -0.3 is 14.8 Å². The van der Waals surface area contributed by atoms with Crippen molar-refractivity contribution in [2.75, 3.05) is 13.7 Å². The van der Waals surface area contributed by atoms with E-state index < -0.39 is 4.92 Å². The number of aryl methyl sites for hydroxylation is 2. The summed E-state index contributed by atoms with van der Waals surface area (Å²) in [5.41, 5.74) is 3.68. The second-order valence-corrected chi connectivity index (χ2v) is 6.55. The zero-order valence-corrected chi connectivity index (χ0v) is 15.4. The van der Waals surface area contributed by atoms with Crippen molar-refractivity contribution in [2.24, 2.45) is 0 Å². The predicted molar refractivity (Wildman–Crippen MR) is 100 cm³/mol. The Morgan fingerprint density at radius 1 is 1.22 bits per heavy atom. The largest absolute Gasteiger partial charge is 0.490 e. The van der Waals surface area contributed by atoms with Gasteiger partial charge in [0.2, 0.25) is 5.75 Å². The van der Waals surface area contributed by atoms with Crippen molar-refractivity contribution >= 4 is 11.6 Å². The number of hydrogen-bond acceptors (Lipinski definition) is 5. The van der Waals surface area contributed by atoms with Gasteiger partial charge in [-0.1, -0.05) is 18.2 Å². The molecule has 0 radical (unpaired) electrons. The second kappa shape index (κ2) is 8.07. The van der Waals surface area contributed by atoms with Crippen LogP contribution in [0.15, 0.2) is 36.4 Å². The molecule has 2 aromatic rings. The van der Waals surface area contributed by atoms with Gasteiger partial charge in [-0.2, -0.15) is 0 Å². The Morgan fingerprint density at radius 3 is 2.74 bits per heavy atom. The molecule has 0 spiro atoms. The van der Waals surface area contributed by atoms with E-state index in [1.54, 1.807) is 0 Å². The van der Waals surface area contributed by atoms with Gasteiger partial charge in [0.25, 0.3) is 5.91 Å². The van der Waals surface area contributed by atoms with Crippen molar-refractivity contribution in [2.45, 2.75) is 32.2 Å². The lowest BCUT2D eigenvalue weighted by Crippen LogP contribution is -2.31. The highest BCUT2D eigenvalue weighted by molar-refractivity contribution is 5.78. The Hall–Kier alpha value is -3.09. The Balaban J connectivity index is 1.57. The number of nitrogens with one attached hydrogen (secondary N) is 1. The normalized spacial score (nSPS) is 13.6. The minimum atomic E-state index is -0.534. The third kappa shape index (κ3) is 4.36. The first-order valence-electron chi connectivity index (χ1n) is 8.84. The van der Waals surface area contributed by atoms with E-state index in [2.05, 4.69) is 23.5 Å². The smallest absolute Gasteiger partial charge is 0.311 e. The van der Waals surface area contributed by atoms with Crippen LogP contribution in [0.3, 0.4) is 0 Å². The van der Waals surface area contributed by atoms with Gasteiger partial charge >= 0.3 is 5.69 Å². The first-order valence-corrected chi connectivity index (χ1v) is 8.84. The third-order valence-corrected chi connectivity index (χ3v) is 4.72. The molecule has 1 aliphatic rings. The van der Waals surface area contributed by atoms with Crippen molar-refractivity contribution in [1.29, 1.82) is 0 Å². The lowest BCUT2D eigenvalue weighted by Gasteiger charge is -2.16. The van der Waals surface area contributed by atoms with Gasteiger partial charge in [0.15, 0.2) is 6.61 Å². The standard InChI is InChI=1S/C20H22N2O5/c1-13(15-7-6-14-4-3-5-16(14)10-15)21-20(23)12-27-17-8-9-18(22(24)25)19(11-17)26-2/h6-11,13H,3-5,12H2,1-2H3,(H,21,23)/t13-/m1/s1. The van der Waals surface area contributed by atoms with Crippen LogP contribution in [-0.4, -0.2) is 24.5 Å². The van der Waals surface area contributed by atoms with E-state index in [-0.39, 0.29) is 30.0 Å². The molecular formula is C20H22N2O5. The highest BCUT2D eigenvalue weighted by Gasteiger charge is 2.17. The Kier molecular flexibility index (Phi) is 5.59. The van der Waals surface area contributed by atoms with Crippen LogP contribution in [0, 0.1) is 10.1 Å². The molecule has 0 bridgehead atoms. The van der Waals surface area contributed by atoms with Crippen LogP contribution >= 0.6 is 0 Å². The van der Waals surface area contributed by atoms with Gasteiger partial charge in [-0.15, -0.1) is 0 Å². The summed E-state index contributed by atoms with van der Waals surface area (Å²) in [6.45, 7) is 1.75. The van der Waals surface area contributed by atoms with Crippen LogP contribution in [0.25, 0.3) is 0 Å². The monoisotopic (exact) mass is 370 g/mol. The van der Waals surface area contributed by atoms with Gasteiger partial charge in [-0.25, -0.2) is 0 Å². The molecule has 0 aromatic heterocycles. The number of nitrogens with zero attached hydrogens (tertiary/aromatic N) is 1. The number of hydrogen-bond donors (Lipinski definition) is 1. The average molecular weight is 370 g/mol. The number of benzene rings is 2. The molecule has 0 fully saturated rings. The molecule has 0 aliphatic heterocycles. The summed E-state index contributed by atoms with van der Waals surface area (Å²) in [7, 11) is 1.34. The fourth-order valence-corrected chi connectivity index (χ4v) is 3.28. The number of ether oxygens (including phenoxy) is 2. The van der Waals surface area contributed by atoms with Crippen LogP contribution in [0.5, 0.6) is 11.5 Å². The summed E-state index contributed by atoms with van der Waals surface area (Å²) in [5.74, 6) is 0.155. The number of nitro benzene ring substituents is 1. The molecule has 1 aliphatic carbocycles. The number of rotatable bonds is 7. The van der Waals surface area contributed by atoms with E-state index in [1.807, 2.05) is 6.92 Å². The minimum absolute atomic E-state index is 0.0874. The van der Waals surface area contributed by atoms with E-state index in [0.717, 1.165) is 18.4 Å². The lowest BCUT2D eigenvalue weighted by molar-refractivity contribution is -0.385. The van der Waals surface area contributed by atoms with Gasteiger partial charge in [-0.3, -0.25) is 14.9 Å². The average Bonchev–Trinajstić information content (AvgIpc) is 3.13. The zero-order valence-electron chi connectivity index (χ0n) is 15.4. The molecule has 2 aromatic carbocycles. The third-order valence-electron chi connectivity index (χ3n) is 4.72. The maximum atomic E-state index is 12.2. The molecule has 0 saturated carbocycles. The van der Waals surface area contributed by atoms with E-state index in [1.165, 1.54) is 42.9 Å². The summed E-state index contributed by atoms with van der Waals surface area (Å²) >= 11 is 0. The van der Waals surface area contributed by atoms with Crippen LogP contribution in [0.4, 0.5) is 5.69 Å². The number of amides is 1. The number of carbonyl (C=O) groups is 1. The Morgan fingerprint density at radius 2 is 2.00 bits per heavy atom. The second-order valence-electron chi connectivity index (χ2n) is 6.55. The molecule has 0 unspecified atom stereocenters. The van der Waals surface area contributed by atoms with Crippen LogP contribution in [0.2, 0.25) is 0 Å². The van der Waals surface area contributed by atoms with Crippen molar-refractivity contribution in [1.82, 2.24) is 5.32 Å². The first-order chi connectivity index (χ1) is 13.0. The highest BCUT2D eigenvalue weighted by atomic mass is 16.6. The molecule has 1 N–H and O–H groups in total. The molecule has 27 heavy (non-hydrogen) atoms. The Labute approximate surface area is 157 Å². The van der Waals surface area contributed by atoms with E-state index in [0.29, 0.717) is 5.75 Å². The molecule has 3 rings (SSSR count). The maximum Gasteiger partial charge on any atom is 0.311 e. The summed E-state index contributed by atoms with van der Waals surface area (Å²) in [4.78, 5) is 22.6. The molecule has 0 heterocycles. The van der Waals surface area contributed by atoms with Gasteiger partial charge in [-0.05, 0) is 48.9 Å². The molecule has 0 saturated heterocycles. The van der Waals surface area contributed by atoms with Gasteiger partial charge in [0, 0.05) is 12.1 Å². The van der Waals surface area contributed by atoms with E-state index >= 15 is 0 Å². The topological polar surface area (TPSA) is 90.7 Å². The molecule has 7 heteroatoms. The summed E-state index contributed by atoms with van der Waals surface area (Å²) < 4.78 is 10.4. The van der Waals surface area contributed by atoms with Crippen LogP contribution in [0.1, 0.15) is 36.1 Å².